The van der Waals surface area contributed by atoms with Crippen molar-refractivity contribution in [2.75, 3.05) is 24.7 Å². The molecule has 0 bridgehead atoms. The average molecular weight is 368 g/mol. The van der Waals surface area contributed by atoms with E-state index in [0.717, 1.165) is 10.9 Å². The third-order valence-corrected chi connectivity index (χ3v) is 4.80. The molecule has 1 saturated heterocycles. The highest BCUT2D eigenvalue weighted by molar-refractivity contribution is 5.83. The molecule has 0 aliphatic carbocycles. The quantitative estimate of drug-likeness (QED) is 0.723. The third-order valence-electron chi connectivity index (χ3n) is 4.80. The number of nitrogens with zero attached hydrogens (tertiary/aromatic N) is 5. The minimum absolute atomic E-state index is 0.407. The number of fused-ring (bicyclic) bond motifs is 1. The van der Waals surface area contributed by atoms with Crippen LogP contribution in [0.4, 0.5) is 5.82 Å². The van der Waals surface area contributed by atoms with E-state index in [1.807, 2.05) is 36.1 Å². The summed E-state index contributed by atoms with van der Waals surface area (Å²) in [6, 6.07) is 7.51. The molecule has 4 rings (SSSR count). The molecule has 142 valence electrons. The summed E-state index contributed by atoms with van der Waals surface area (Å²) >= 11 is 0. The zero-order valence-electron chi connectivity index (χ0n) is 15.8. The van der Waals surface area contributed by atoms with E-state index in [4.69, 9.17) is 15.5 Å². The highest BCUT2D eigenvalue weighted by atomic mass is 16.5. The van der Waals surface area contributed by atoms with Gasteiger partial charge in [-0.2, -0.15) is 9.78 Å². The molecule has 1 fully saturated rings. The number of anilines is 1. The van der Waals surface area contributed by atoms with Crippen LogP contribution in [0.5, 0.6) is 0 Å². The van der Waals surface area contributed by atoms with E-state index >= 15 is 0 Å². The standard InChI is InChI=1S/C19H24N6O2/c1-18(2,26)14-10-16(24-8-9-27-12-19(24,3)20)23-17-13(14)11-22-25(17)15-6-4-5-7-21-15/h4-7,10-11,26H,8-9,12,20H2,1-3H3. The van der Waals surface area contributed by atoms with Crippen molar-refractivity contribution in [2.45, 2.75) is 32.0 Å². The molecule has 0 aromatic carbocycles. The molecule has 1 aliphatic heterocycles. The number of hydrogen-bond donors (Lipinski definition) is 2. The molecule has 27 heavy (non-hydrogen) atoms. The lowest BCUT2D eigenvalue weighted by atomic mass is 9.96. The second kappa shape index (κ2) is 6.26. The van der Waals surface area contributed by atoms with Crippen LogP contribution >= 0.6 is 0 Å². The van der Waals surface area contributed by atoms with Gasteiger partial charge in [-0.1, -0.05) is 6.07 Å². The zero-order chi connectivity index (χ0) is 19.2. The summed E-state index contributed by atoms with van der Waals surface area (Å²) in [5.74, 6) is 1.35. The summed E-state index contributed by atoms with van der Waals surface area (Å²) in [7, 11) is 0. The van der Waals surface area contributed by atoms with Crippen LogP contribution in [0.3, 0.4) is 0 Å². The van der Waals surface area contributed by atoms with Gasteiger partial charge in [0.15, 0.2) is 11.5 Å². The van der Waals surface area contributed by atoms with Crippen LogP contribution in [0.1, 0.15) is 26.3 Å². The predicted molar refractivity (Wildman–Crippen MR) is 103 cm³/mol. The topological polar surface area (TPSA) is 102 Å². The molecule has 1 unspecified atom stereocenters. The van der Waals surface area contributed by atoms with Crippen molar-refractivity contribution < 1.29 is 9.84 Å². The lowest BCUT2D eigenvalue weighted by Crippen LogP contribution is -2.61. The van der Waals surface area contributed by atoms with Gasteiger partial charge in [0.2, 0.25) is 0 Å². The van der Waals surface area contributed by atoms with E-state index in [-0.39, 0.29) is 0 Å². The Hall–Kier alpha value is -2.55. The minimum atomic E-state index is -1.06. The molecule has 0 saturated carbocycles. The molecule has 0 amide bonds. The lowest BCUT2D eigenvalue weighted by Gasteiger charge is -2.42. The second-order valence-corrected chi connectivity index (χ2v) is 7.63. The fraction of sp³-hybridized carbons (Fsp3) is 0.421. The maximum atomic E-state index is 10.8. The molecular weight excluding hydrogens is 344 g/mol. The van der Waals surface area contributed by atoms with Crippen molar-refractivity contribution in [2.24, 2.45) is 5.73 Å². The molecule has 3 aromatic rings. The first kappa shape index (κ1) is 17.8. The van der Waals surface area contributed by atoms with Gasteiger partial charge < -0.3 is 20.5 Å². The number of aromatic nitrogens is 4. The highest BCUT2D eigenvalue weighted by Crippen LogP contribution is 2.33. The van der Waals surface area contributed by atoms with Crippen molar-refractivity contribution in [1.29, 1.82) is 0 Å². The Morgan fingerprint density at radius 3 is 2.78 bits per heavy atom. The number of hydrogen-bond acceptors (Lipinski definition) is 7. The summed E-state index contributed by atoms with van der Waals surface area (Å²) in [5.41, 5.74) is 6.07. The zero-order valence-corrected chi connectivity index (χ0v) is 15.8. The molecule has 8 nitrogen and oxygen atoms in total. The van der Waals surface area contributed by atoms with Gasteiger partial charge >= 0.3 is 0 Å². The summed E-state index contributed by atoms with van der Waals surface area (Å²) in [5, 5.41) is 16.0. The number of morpholine rings is 1. The second-order valence-electron chi connectivity index (χ2n) is 7.63. The Morgan fingerprint density at radius 2 is 2.11 bits per heavy atom. The number of aliphatic hydroxyl groups is 1. The molecule has 0 spiro atoms. The Balaban J connectivity index is 1.95. The molecule has 3 N–H and O–H groups in total. The van der Waals surface area contributed by atoms with Gasteiger partial charge in [-0.3, -0.25) is 0 Å². The van der Waals surface area contributed by atoms with Crippen LogP contribution in [-0.2, 0) is 10.3 Å². The Labute approximate surface area is 157 Å². The van der Waals surface area contributed by atoms with Gasteiger partial charge in [0.25, 0.3) is 0 Å². The van der Waals surface area contributed by atoms with E-state index in [0.29, 0.717) is 37.0 Å². The molecule has 1 aliphatic rings. The Kier molecular flexibility index (Phi) is 4.14. The summed E-state index contributed by atoms with van der Waals surface area (Å²) in [4.78, 5) is 11.2. The van der Waals surface area contributed by atoms with E-state index in [2.05, 4.69) is 10.1 Å². The normalized spacial score (nSPS) is 21.0. The van der Waals surface area contributed by atoms with E-state index in [1.54, 1.807) is 30.9 Å². The SMILES string of the molecule is CC(C)(O)c1cc(N2CCOCC2(C)N)nc2c1cnn2-c1ccccn1. The number of rotatable bonds is 3. The predicted octanol–water partition coefficient (Wildman–Crippen LogP) is 1.55. The van der Waals surface area contributed by atoms with Crippen LogP contribution in [0.2, 0.25) is 0 Å². The molecule has 4 heterocycles. The monoisotopic (exact) mass is 368 g/mol. The minimum Gasteiger partial charge on any atom is -0.386 e. The average Bonchev–Trinajstić information content (AvgIpc) is 3.04. The van der Waals surface area contributed by atoms with Crippen LogP contribution in [0.25, 0.3) is 16.9 Å². The van der Waals surface area contributed by atoms with E-state index in [9.17, 15) is 5.11 Å². The van der Waals surface area contributed by atoms with Crippen LogP contribution in [0.15, 0.2) is 36.7 Å². The van der Waals surface area contributed by atoms with Crippen molar-refractivity contribution in [3.8, 4) is 5.82 Å². The van der Waals surface area contributed by atoms with Crippen LogP contribution < -0.4 is 10.6 Å². The Morgan fingerprint density at radius 1 is 1.30 bits per heavy atom. The number of nitrogens with two attached hydrogens (primary N) is 1. The maximum absolute atomic E-state index is 10.8. The summed E-state index contributed by atoms with van der Waals surface area (Å²) < 4.78 is 7.21. The van der Waals surface area contributed by atoms with Gasteiger partial charge in [0, 0.05) is 18.1 Å². The van der Waals surface area contributed by atoms with Gasteiger partial charge in [0.1, 0.15) is 11.5 Å². The molecule has 1 atom stereocenters. The highest BCUT2D eigenvalue weighted by Gasteiger charge is 2.34. The Bertz CT molecular complexity index is 961. The van der Waals surface area contributed by atoms with Crippen LogP contribution in [-0.4, -0.2) is 50.3 Å². The fourth-order valence-electron chi connectivity index (χ4n) is 3.42. The molecule has 8 heteroatoms. The van der Waals surface area contributed by atoms with Gasteiger partial charge in [-0.15, -0.1) is 0 Å². The summed E-state index contributed by atoms with van der Waals surface area (Å²) in [6.07, 6.45) is 3.43. The number of pyridine rings is 2. The lowest BCUT2D eigenvalue weighted by molar-refractivity contribution is 0.0588. The van der Waals surface area contributed by atoms with Crippen molar-refractivity contribution >= 4 is 16.9 Å². The van der Waals surface area contributed by atoms with Crippen LogP contribution in [0, 0.1) is 0 Å². The molecular formula is C19H24N6O2. The number of ether oxygens (including phenoxy) is 1. The summed E-state index contributed by atoms with van der Waals surface area (Å²) in [6.45, 7) is 7.02. The molecule has 3 aromatic heterocycles. The van der Waals surface area contributed by atoms with Crippen molar-refractivity contribution in [3.63, 3.8) is 0 Å². The van der Waals surface area contributed by atoms with E-state index < -0.39 is 11.3 Å². The van der Waals surface area contributed by atoms with Crippen molar-refractivity contribution in [3.05, 3.63) is 42.2 Å². The van der Waals surface area contributed by atoms with Gasteiger partial charge in [0.05, 0.1) is 25.0 Å². The first-order valence-corrected chi connectivity index (χ1v) is 8.95. The third kappa shape index (κ3) is 3.16. The smallest absolute Gasteiger partial charge is 0.167 e. The fourth-order valence-corrected chi connectivity index (χ4v) is 3.42. The largest absolute Gasteiger partial charge is 0.386 e. The molecule has 0 radical (unpaired) electrons. The van der Waals surface area contributed by atoms with Crippen molar-refractivity contribution in [1.82, 2.24) is 19.7 Å². The van der Waals surface area contributed by atoms with Gasteiger partial charge in [-0.25, -0.2) is 9.97 Å². The maximum Gasteiger partial charge on any atom is 0.167 e. The first-order chi connectivity index (χ1) is 12.8. The first-order valence-electron chi connectivity index (χ1n) is 8.95. The van der Waals surface area contributed by atoms with E-state index in [1.165, 1.54) is 0 Å². The van der Waals surface area contributed by atoms with Gasteiger partial charge in [-0.05, 0) is 44.5 Å².